The summed E-state index contributed by atoms with van der Waals surface area (Å²) in [6.45, 7) is 0. The molecule has 0 atom stereocenters. The van der Waals surface area contributed by atoms with Crippen molar-refractivity contribution < 1.29 is 14.2 Å². The molecule has 1 heterocycles. The van der Waals surface area contributed by atoms with Gasteiger partial charge in [-0.1, -0.05) is 0 Å². The second-order valence-electron chi connectivity index (χ2n) is 5.18. The van der Waals surface area contributed by atoms with E-state index < -0.39 is 0 Å². The number of fused-ring (bicyclic) bond motifs is 1. The van der Waals surface area contributed by atoms with Crippen molar-refractivity contribution in [2.75, 3.05) is 33.3 Å². The minimum atomic E-state index is 0. The molecule has 0 radical (unpaired) electrons. The van der Waals surface area contributed by atoms with Crippen LogP contribution in [0.2, 0.25) is 0 Å². The number of benzene rings is 2. The lowest BCUT2D eigenvalue weighted by atomic mass is 10.2. The fourth-order valence-electron chi connectivity index (χ4n) is 2.56. The van der Waals surface area contributed by atoms with Crippen molar-refractivity contribution >= 4 is 34.8 Å². The summed E-state index contributed by atoms with van der Waals surface area (Å²) in [5.74, 6) is 2.88. The molecule has 3 aromatic rings. The summed E-state index contributed by atoms with van der Waals surface area (Å²) in [5.41, 5.74) is 1.78. The number of aromatic nitrogens is 2. The molecule has 3 rings (SSSR count). The minimum Gasteiger partial charge on any atom is -0.497 e. The molecule has 0 unspecified atom stereocenters. The Bertz CT molecular complexity index is 856. The molecule has 0 aliphatic carbocycles. The second-order valence-corrected chi connectivity index (χ2v) is 5.18. The summed E-state index contributed by atoms with van der Waals surface area (Å²) in [7, 11) is 6.83. The molecule has 7 heteroatoms. The number of rotatable bonds is 5. The third kappa shape index (κ3) is 3.53. The number of methoxy groups -OCH3 is 3. The van der Waals surface area contributed by atoms with Crippen LogP contribution in [0.4, 0.5) is 11.5 Å². The molecule has 132 valence electrons. The van der Waals surface area contributed by atoms with E-state index in [-0.39, 0.29) is 12.4 Å². The van der Waals surface area contributed by atoms with Gasteiger partial charge < -0.3 is 19.1 Å². The first-order valence-electron chi connectivity index (χ1n) is 7.42. The molecule has 0 saturated carbocycles. The monoisotopic (exact) mass is 361 g/mol. The Kier molecular flexibility index (Phi) is 5.88. The zero-order valence-electron chi connectivity index (χ0n) is 14.5. The number of hydrogen-bond acceptors (Lipinski definition) is 6. The summed E-state index contributed by atoms with van der Waals surface area (Å²) in [6.07, 6.45) is 1.55. The summed E-state index contributed by atoms with van der Waals surface area (Å²) in [6, 6.07) is 11.5. The van der Waals surface area contributed by atoms with Crippen molar-refractivity contribution in [2.24, 2.45) is 0 Å². The van der Waals surface area contributed by atoms with Gasteiger partial charge in [0.2, 0.25) is 0 Å². The van der Waals surface area contributed by atoms with Crippen LogP contribution in [0, 0.1) is 0 Å². The first-order chi connectivity index (χ1) is 11.7. The molecular weight excluding hydrogens is 342 g/mol. The summed E-state index contributed by atoms with van der Waals surface area (Å²) < 4.78 is 15.9. The fourth-order valence-corrected chi connectivity index (χ4v) is 2.56. The van der Waals surface area contributed by atoms with Gasteiger partial charge in [-0.2, -0.15) is 0 Å². The van der Waals surface area contributed by atoms with Crippen LogP contribution >= 0.6 is 12.4 Å². The van der Waals surface area contributed by atoms with Gasteiger partial charge in [-0.15, -0.1) is 12.4 Å². The first-order valence-corrected chi connectivity index (χ1v) is 7.42. The van der Waals surface area contributed by atoms with Crippen molar-refractivity contribution in [2.45, 2.75) is 0 Å². The maximum Gasteiger partial charge on any atom is 0.162 e. The zero-order chi connectivity index (χ0) is 17.1. The molecule has 1 aromatic heterocycles. The molecule has 0 fully saturated rings. The molecule has 25 heavy (non-hydrogen) atoms. The van der Waals surface area contributed by atoms with Gasteiger partial charge in [0, 0.05) is 24.2 Å². The number of ether oxygens (including phenoxy) is 3. The molecule has 0 N–H and O–H groups in total. The van der Waals surface area contributed by atoms with Crippen molar-refractivity contribution in [1.82, 2.24) is 9.97 Å². The van der Waals surface area contributed by atoms with Crippen LogP contribution in [0.3, 0.4) is 0 Å². The van der Waals surface area contributed by atoms with Gasteiger partial charge in [0.05, 0.1) is 26.8 Å². The van der Waals surface area contributed by atoms with Crippen LogP contribution in [-0.2, 0) is 0 Å². The molecule has 0 spiro atoms. The Labute approximate surface area is 152 Å². The van der Waals surface area contributed by atoms with E-state index in [0.29, 0.717) is 11.5 Å². The number of hydrogen-bond donors (Lipinski definition) is 0. The lowest BCUT2D eigenvalue weighted by molar-refractivity contribution is 0.356. The van der Waals surface area contributed by atoms with Gasteiger partial charge in [-0.05, 0) is 30.3 Å². The Hall–Kier alpha value is -2.73. The summed E-state index contributed by atoms with van der Waals surface area (Å²) in [5, 5.41) is 0.883. The van der Waals surface area contributed by atoms with E-state index in [1.54, 1.807) is 27.7 Å². The lowest BCUT2D eigenvalue weighted by Crippen LogP contribution is -2.12. The van der Waals surface area contributed by atoms with Crippen molar-refractivity contribution in [3.05, 3.63) is 42.7 Å². The van der Waals surface area contributed by atoms with E-state index in [9.17, 15) is 0 Å². The fraction of sp³-hybridized carbons (Fsp3) is 0.222. The normalized spacial score (nSPS) is 10.1. The maximum absolute atomic E-state index is 5.40. The molecule has 2 aromatic carbocycles. The van der Waals surface area contributed by atoms with Crippen molar-refractivity contribution in [3.8, 4) is 17.2 Å². The maximum atomic E-state index is 5.40. The molecule has 0 saturated heterocycles. The molecule has 0 aliphatic rings. The Balaban J connectivity index is 0.00000225. The molecule has 0 bridgehead atoms. The van der Waals surface area contributed by atoms with Gasteiger partial charge in [0.25, 0.3) is 0 Å². The van der Waals surface area contributed by atoms with Gasteiger partial charge in [0.1, 0.15) is 17.9 Å². The van der Waals surface area contributed by atoms with E-state index in [0.717, 1.165) is 28.2 Å². The van der Waals surface area contributed by atoms with Crippen molar-refractivity contribution in [1.29, 1.82) is 0 Å². The van der Waals surface area contributed by atoms with Crippen LogP contribution in [0.25, 0.3) is 10.9 Å². The standard InChI is InChI=1S/C18H19N3O3.ClH/c1-21(12-5-7-13(22-2)8-6-12)18-14-9-16(23-3)17(24-4)10-15(14)19-11-20-18;/h5-11H,1-4H3;1H. The largest absolute Gasteiger partial charge is 0.497 e. The lowest BCUT2D eigenvalue weighted by Gasteiger charge is -2.20. The van der Waals surface area contributed by atoms with Gasteiger partial charge in [0.15, 0.2) is 11.5 Å². The quantitative estimate of drug-likeness (QED) is 0.688. The van der Waals surface area contributed by atoms with Crippen molar-refractivity contribution in [3.63, 3.8) is 0 Å². The highest BCUT2D eigenvalue weighted by atomic mass is 35.5. The predicted octanol–water partition coefficient (Wildman–Crippen LogP) is 3.85. The smallest absolute Gasteiger partial charge is 0.162 e. The van der Waals surface area contributed by atoms with Gasteiger partial charge in [-0.25, -0.2) is 9.97 Å². The summed E-state index contributed by atoms with van der Waals surface area (Å²) >= 11 is 0. The van der Waals surface area contributed by atoms with E-state index in [1.165, 1.54) is 0 Å². The molecular formula is C18H20ClN3O3. The highest BCUT2D eigenvalue weighted by Crippen LogP contribution is 2.36. The number of anilines is 2. The highest BCUT2D eigenvalue weighted by Gasteiger charge is 2.14. The first kappa shape index (κ1) is 18.6. The third-order valence-electron chi connectivity index (χ3n) is 3.90. The Morgan fingerprint density at radius 3 is 2.08 bits per heavy atom. The third-order valence-corrected chi connectivity index (χ3v) is 3.90. The van der Waals surface area contributed by atoms with E-state index in [4.69, 9.17) is 14.2 Å². The van der Waals surface area contributed by atoms with E-state index >= 15 is 0 Å². The number of nitrogens with zero attached hydrogens (tertiary/aromatic N) is 3. The van der Waals surface area contributed by atoms with Crippen LogP contribution in [0.15, 0.2) is 42.7 Å². The molecule has 6 nitrogen and oxygen atoms in total. The molecule has 0 amide bonds. The van der Waals surface area contributed by atoms with Crippen LogP contribution in [0.5, 0.6) is 17.2 Å². The minimum absolute atomic E-state index is 0. The zero-order valence-corrected chi connectivity index (χ0v) is 15.3. The average molecular weight is 362 g/mol. The van der Waals surface area contributed by atoms with Crippen LogP contribution < -0.4 is 19.1 Å². The predicted molar refractivity (Wildman–Crippen MR) is 101 cm³/mol. The highest BCUT2D eigenvalue weighted by molar-refractivity contribution is 5.93. The second kappa shape index (κ2) is 7.90. The number of halogens is 1. The van der Waals surface area contributed by atoms with Gasteiger partial charge >= 0.3 is 0 Å². The van der Waals surface area contributed by atoms with E-state index in [1.807, 2.05) is 48.3 Å². The SMILES string of the molecule is COc1ccc(N(C)c2ncnc3cc(OC)c(OC)cc23)cc1.Cl. The van der Waals surface area contributed by atoms with E-state index in [2.05, 4.69) is 9.97 Å². The average Bonchev–Trinajstić information content (AvgIpc) is 2.65. The van der Waals surface area contributed by atoms with Crippen LogP contribution in [-0.4, -0.2) is 38.3 Å². The van der Waals surface area contributed by atoms with Gasteiger partial charge in [-0.3, -0.25) is 0 Å². The Morgan fingerprint density at radius 1 is 0.840 bits per heavy atom. The topological polar surface area (TPSA) is 56.7 Å². The Morgan fingerprint density at radius 2 is 1.48 bits per heavy atom. The molecule has 0 aliphatic heterocycles. The summed E-state index contributed by atoms with van der Waals surface area (Å²) in [4.78, 5) is 10.8. The van der Waals surface area contributed by atoms with Crippen LogP contribution in [0.1, 0.15) is 0 Å².